The van der Waals surface area contributed by atoms with Gasteiger partial charge in [-0.15, -0.1) is 0 Å². The van der Waals surface area contributed by atoms with Crippen LogP contribution in [0.2, 0.25) is 5.02 Å². The summed E-state index contributed by atoms with van der Waals surface area (Å²) in [5.41, 5.74) is 9.36. The first kappa shape index (κ1) is 18.0. The molecule has 1 unspecified atom stereocenters. The zero-order chi connectivity index (χ0) is 16.2. The molecule has 1 aromatic carbocycles. The smallest absolute Gasteiger partial charge is 0.306 e. The van der Waals surface area contributed by atoms with Crippen LogP contribution < -0.4 is 5.73 Å². The van der Waals surface area contributed by atoms with Gasteiger partial charge in [0.15, 0.2) is 0 Å². The number of hydrogen-bond acceptors (Lipinski definition) is 3. The molecule has 0 aliphatic rings. The Labute approximate surface area is 132 Å². The van der Waals surface area contributed by atoms with Gasteiger partial charge >= 0.3 is 5.97 Å². The minimum atomic E-state index is -0.228. The molecule has 1 aromatic rings. The Kier molecular flexibility index (Phi) is 6.24. The summed E-state index contributed by atoms with van der Waals surface area (Å²) in [5.74, 6) is -0.180. The maximum atomic E-state index is 11.7. The molecule has 0 spiro atoms. The Morgan fingerprint density at radius 2 is 1.90 bits per heavy atom. The standard InChI is InChI=1S/C17H26ClNO2/c1-6-21-16(20)10-17(4,5)9-15(19)13-7-11(2)12(3)8-14(13)18/h7-8,15H,6,9-10,19H2,1-5H3. The van der Waals surface area contributed by atoms with Crippen LogP contribution in [0.15, 0.2) is 12.1 Å². The molecule has 118 valence electrons. The number of carbonyl (C=O) groups is 1. The molecule has 0 fully saturated rings. The molecule has 1 atom stereocenters. The quantitative estimate of drug-likeness (QED) is 0.796. The lowest BCUT2D eigenvalue weighted by Crippen LogP contribution is -2.25. The number of hydrogen-bond donors (Lipinski definition) is 1. The highest BCUT2D eigenvalue weighted by Gasteiger charge is 2.27. The largest absolute Gasteiger partial charge is 0.466 e. The van der Waals surface area contributed by atoms with Gasteiger partial charge in [0.1, 0.15) is 0 Å². The monoisotopic (exact) mass is 311 g/mol. The van der Waals surface area contributed by atoms with Crippen LogP contribution >= 0.6 is 11.6 Å². The third-order valence-electron chi connectivity index (χ3n) is 3.71. The van der Waals surface area contributed by atoms with E-state index in [1.165, 1.54) is 5.56 Å². The molecule has 0 amide bonds. The third kappa shape index (κ3) is 5.33. The minimum absolute atomic E-state index is 0.180. The van der Waals surface area contributed by atoms with Gasteiger partial charge in [-0.05, 0) is 55.4 Å². The predicted octanol–water partition coefficient (Wildman–Crippen LogP) is 4.33. The summed E-state index contributed by atoms with van der Waals surface area (Å²) >= 11 is 6.31. The molecule has 3 nitrogen and oxygen atoms in total. The highest BCUT2D eigenvalue weighted by Crippen LogP contribution is 2.35. The normalized spacial score (nSPS) is 13.1. The second-order valence-electron chi connectivity index (χ2n) is 6.41. The average molecular weight is 312 g/mol. The fourth-order valence-corrected chi connectivity index (χ4v) is 2.83. The fraction of sp³-hybridized carbons (Fsp3) is 0.588. The van der Waals surface area contributed by atoms with Gasteiger partial charge in [0.25, 0.3) is 0 Å². The van der Waals surface area contributed by atoms with Crippen LogP contribution in [0.3, 0.4) is 0 Å². The van der Waals surface area contributed by atoms with Crippen LogP contribution in [0.1, 0.15) is 56.3 Å². The van der Waals surface area contributed by atoms with E-state index < -0.39 is 0 Å². The minimum Gasteiger partial charge on any atom is -0.466 e. The molecular formula is C17H26ClNO2. The number of rotatable bonds is 6. The molecular weight excluding hydrogens is 286 g/mol. The van der Waals surface area contributed by atoms with E-state index >= 15 is 0 Å². The van der Waals surface area contributed by atoms with Gasteiger partial charge in [-0.1, -0.05) is 31.5 Å². The molecule has 0 aromatic heterocycles. The number of ether oxygens (including phenoxy) is 1. The summed E-state index contributed by atoms with van der Waals surface area (Å²) in [6, 6.07) is 3.80. The van der Waals surface area contributed by atoms with Crippen molar-refractivity contribution in [3.63, 3.8) is 0 Å². The lowest BCUT2D eigenvalue weighted by molar-refractivity contribution is -0.145. The second kappa shape index (κ2) is 7.28. The maximum absolute atomic E-state index is 11.7. The Hall–Kier alpha value is -1.06. The summed E-state index contributed by atoms with van der Waals surface area (Å²) < 4.78 is 5.02. The summed E-state index contributed by atoms with van der Waals surface area (Å²) in [7, 11) is 0. The van der Waals surface area contributed by atoms with Crippen molar-refractivity contribution in [2.75, 3.05) is 6.61 Å². The van der Waals surface area contributed by atoms with Crippen molar-refractivity contribution in [1.82, 2.24) is 0 Å². The average Bonchev–Trinajstić information content (AvgIpc) is 2.32. The van der Waals surface area contributed by atoms with Crippen molar-refractivity contribution in [2.45, 2.75) is 53.5 Å². The first-order valence-corrected chi connectivity index (χ1v) is 7.72. The Balaban J connectivity index is 2.82. The number of carbonyl (C=O) groups excluding carboxylic acids is 1. The predicted molar refractivity (Wildman–Crippen MR) is 87.5 cm³/mol. The highest BCUT2D eigenvalue weighted by atomic mass is 35.5. The van der Waals surface area contributed by atoms with Crippen molar-refractivity contribution in [1.29, 1.82) is 0 Å². The Bertz CT molecular complexity index is 512. The molecule has 0 bridgehead atoms. The van der Waals surface area contributed by atoms with Crippen molar-refractivity contribution >= 4 is 17.6 Å². The topological polar surface area (TPSA) is 52.3 Å². The van der Waals surface area contributed by atoms with E-state index in [0.29, 0.717) is 24.5 Å². The summed E-state index contributed by atoms with van der Waals surface area (Å²) in [6.45, 7) is 10.3. The van der Waals surface area contributed by atoms with Crippen LogP contribution in [-0.4, -0.2) is 12.6 Å². The van der Waals surface area contributed by atoms with E-state index in [1.54, 1.807) is 0 Å². The van der Waals surface area contributed by atoms with Crippen LogP contribution in [0, 0.1) is 19.3 Å². The molecule has 21 heavy (non-hydrogen) atoms. The van der Waals surface area contributed by atoms with Gasteiger partial charge in [0.2, 0.25) is 0 Å². The van der Waals surface area contributed by atoms with Gasteiger partial charge < -0.3 is 10.5 Å². The Morgan fingerprint density at radius 3 is 2.48 bits per heavy atom. The van der Waals surface area contributed by atoms with E-state index in [1.807, 2.05) is 46.8 Å². The van der Waals surface area contributed by atoms with Crippen LogP contribution in [0.25, 0.3) is 0 Å². The highest BCUT2D eigenvalue weighted by molar-refractivity contribution is 6.31. The molecule has 0 aliphatic heterocycles. The maximum Gasteiger partial charge on any atom is 0.306 e. The van der Waals surface area contributed by atoms with Crippen molar-refractivity contribution < 1.29 is 9.53 Å². The fourth-order valence-electron chi connectivity index (χ4n) is 2.47. The van der Waals surface area contributed by atoms with Crippen molar-refractivity contribution in [2.24, 2.45) is 11.1 Å². The van der Waals surface area contributed by atoms with Crippen molar-refractivity contribution in [3.8, 4) is 0 Å². The van der Waals surface area contributed by atoms with Gasteiger partial charge in [-0.2, -0.15) is 0 Å². The zero-order valence-corrected chi connectivity index (χ0v) is 14.4. The molecule has 0 saturated carbocycles. The summed E-state index contributed by atoms with van der Waals surface area (Å²) in [5, 5.41) is 0.692. The van der Waals surface area contributed by atoms with Gasteiger partial charge in [-0.3, -0.25) is 4.79 Å². The number of aryl methyl sites for hydroxylation is 2. The molecule has 0 radical (unpaired) electrons. The molecule has 0 heterocycles. The Morgan fingerprint density at radius 1 is 1.33 bits per heavy atom. The molecule has 0 saturated heterocycles. The van der Waals surface area contributed by atoms with Crippen LogP contribution in [-0.2, 0) is 9.53 Å². The third-order valence-corrected chi connectivity index (χ3v) is 4.04. The van der Waals surface area contributed by atoms with E-state index in [-0.39, 0.29) is 17.4 Å². The number of benzene rings is 1. The van der Waals surface area contributed by atoms with Gasteiger partial charge in [0.05, 0.1) is 13.0 Å². The first-order valence-electron chi connectivity index (χ1n) is 7.34. The van der Waals surface area contributed by atoms with E-state index in [0.717, 1.165) is 11.1 Å². The lowest BCUT2D eigenvalue weighted by Gasteiger charge is -2.28. The SMILES string of the molecule is CCOC(=O)CC(C)(C)CC(N)c1cc(C)c(C)cc1Cl. The molecule has 0 aliphatic carbocycles. The second-order valence-corrected chi connectivity index (χ2v) is 6.82. The zero-order valence-electron chi connectivity index (χ0n) is 13.6. The lowest BCUT2D eigenvalue weighted by atomic mass is 9.81. The van der Waals surface area contributed by atoms with Crippen LogP contribution in [0.4, 0.5) is 0 Å². The first-order chi connectivity index (χ1) is 9.66. The van der Waals surface area contributed by atoms with Gasteiger partial charge in [-0.25, -0.2) is 0 Å². The van der Waals surface area contributed by atoms with Gasteiger partial charge in [0, 0.05) is 11.1 Å². The number of nitrogens with two attached hydrogens (primary N) is 1. The van der Waals surface area contributed by atoms with E-state index in [4.69, 9.17) is 22.1 Å². The van der Waals surface area contributed by atoms with Crippen molar-refractivity contribution in [3.05, 3.63) is 33.8 Å². The molecule has 4 heteroatoms. The summed E-state index contributed by atoms with van der Waals surface area (Å²) in [4.78, 5) is 11.7. The number of esters is 1. The molecule has 1 rings (SSSR count). The molecule has 2 N–H and O–H groups in total. The number of halogens is 1. The summed E-state index contributed by atoms with van der Waals surface area (Å²) in [6.07, 6.45) is 1.03. The van der Waals surface area contributed by atoms with E-state index in [2.05, 4.69) is 0 Å². The van der Waals surface area contributed by atoms with E-state index in [9.17, 15) is 4.79 Å². The van der Waals surface area contributed by atoms with Crippen LogP contribution in [0.5, 0.6) is 0 Å².